The van der Waals surface area contributed by atoms with Gasteiger partial charge in [0.2, 0.25) is 5.91 Å². The SMILES string of the molecule is Cc1cccc(C)c1Oc1ccc(NC(=O)CCC(=O)OCC(=O)c2ccccc2)cc1. The van der Waals surface area contributed by atoms with Crippen molar-refractivity contribution in [3.05, 3.63) is 89.5 Å². The highest BCUT2D eigenvalue weighted by Crippen LogP contribution is 2.29. The van der Waals surface area contributed by atoms with E-state index in [1.54, 1.807) is 54.6 Å². The molecule has 0 aliphatic rings. The fraction of sp³-hybridized carbons (Fsp3) is 0.192. The lowest BCUT2D eigenvalue weighted by Crippen LogP contribution is -2.17. The van der Waals surface area contributed by atoms with Gasteiger partial charge >= 0.3 is 5.97 Å². The zero-order chi connectivity index (χ0) is 22.9. The number of benzene rings is 3. The normalized spacial score (nSPS) is 10.3. The molecule has 0 bridgehead atoms. The first-order valence-corrected chi connectivity index (χ1v) is 10.3. The van der Waals surface area contributed by atoms with E-state index in [-0.39, 0.29) is 31.1 Å². The van der Waals surface area contributed by atoms with E-state index in [4.69, 9.17) is 9.47 Å². The molecular weight excluding hydrogens is 406 g/mol. The van der Waals surface area contributed by atoms with Crippen molar-refractivity contribution in [1.82, 2.24) is 0 Å². The number of carbonyl (C=O) groups excluding carboxylic acids is 3. The maximum atomic E-state index is 12.1. The predicted octanol–water partition coefficient (Wildman–Crippen LogP) is 5.24. The molecule has 0 atom stereocenters. The van der Waals surface area contributed by atoms with Crippen molar-refractivity contribution in [3.63, 3.8) is 0 Å². The Hall–Kier alpha value is -3.93. The third-order valence-corrected chi connectivity index (χ3v) is 4.78. The minimum atomic E-state index is -0.596. The summed E-state index contributed by atoms with van der Waals surface area (Å²) in [7, 11) is 0. The molecule has 1 N–H and O–H groups in total. The van der Waals surface area contributed by atoms with Gasteiger partial charge in [-0.25, -0.2) is 0 Å². The average Bonchev–Trinajstić information content (AvgIpc) is 2.80. The topological polar surface area (TPSA) is 81.7 Å². The summed E-state index contributed by atoms with van der Waals surface area (Å²) in [6.07, 6.45) is -0.152. The molecule has 0 fully saturated rings. The van der Waals surface area contributed by atoms with Crippen molar-refractivity contribution in [2.24, 2.45) is 0 Å². The van der Waals surface area contributed by atoms with E-state index in [0.717, 1.165) is 16.9 Å². The summed E-state index contributed by atoms with van der Waals surface area (Å²) in [5.74, 6) is 0.272. The first-order valence-electron chi connectivity index (χ1n) is 10.3. The van der Waals surface area contributed by atoms with Crippen molar-refractivity contribution < 1.29 is 23.9 Å². The number of para-hydroxylation sites is 1. The Balaban J connectivity index is 1.43. The van der Waals surface area contributed by atoms with Gasteiger partial charge in [-0.05, 0) is 49.2 Å². The highest BCUT2D eigenvalue weighted by Gasteiger charge is 2.12. The number of nitrogens with one attached hydrogen (secondary N) is 1. The van der Waals surface area contributed by atoms with Crippen molar-refractivity contribution in [1.29, 1.82) is 0 Å². The lowest BCUT2D eigenvalue weighted by molar-refractivity contribution is -0.143. The van der Waals surface area contributed by atoms with E-state index in [2.05, 4.69) is 5.32 Å². The molecule has 6 heteroatoms. The number of carbonyl (C=O) groups is 3. The summed E-state index contributed by atoms with van der Waals surface area (Å²) < 4.78 is 10.9. The minimum Gasteiger partial charge on any atom is -0.457 e. The Labute approximate surface area is 187 Å². The Morgan fingerprint density at radius 1 is 0.781 bits per heavy atom. The molecule has 6 nitrogen and oxygen atoms in total. The maximum Gasteiger partial charge on any atom is 0.306 e. The van der Waals surface area contributed by atoms with Gasteiger partial charge in [-0.1, -0.05) is 48.5 Å². The van der Waals surface area contributed by atoms with Crippen LogP contribution >= 0.6 is 0 Å². The van der Waals surface area contributed by atoms with Crippen LogP contribution in [0.1, 0.15) is 34.3 Å². The number of aryl methyl sites for hydroxylation is 2. The van der Waals surface area contributed by atoms with E-state index < -0.39 is 5.97 Å². The molecule has 0 saturated heterocycles. The van der Waals surface area contributed by atoms with Gasteiger partial charge in [0.15, 0.2) is 12.4 Å². The van der Waals surface area contributed by atoms with Gasteiger partial charge in [-0.2, -0.15) is 0 Å². The Bertz CT molecular complexity index is 1070. The smallest absolute Gasteiger partial charge is 0.306 e. The van der Waals surface area contributed by atoms with Crippen LogP contribution in [-0.4, -0.2) is 24.3 Å². The number of hydrogen-bond acceptors (Lipinski definition) is 5. The molecular formula is C26H25NO5. The van der Waals surface area contributed by atoms with Crippen molar-refractivity contribution in [2.75, 3.05) is 11.9 Å². The molecule has 0 aliphatic carbocycles. The molecule has 0 aliphatic heterocycles. The summed E-state index contributed by atoms with van der Waals surface area (Å²) in [6, 6.07) is 21.5. The van der Waals surface area contributed by atoms with Crippen LogP contribution in [0.3, 0.4) is 0 Å². The third kappa shape index (κ3) is 6.54. The van der Waals surface area contributed by atoms with Gasteiger partial charge in [0.05, 0.1) is 6.42 Å². The van der Waals surface area contributed by atoms with Crippen LogP contribution in [0, 0.1) is 13.8 Å². The molecule has 32 heavy (non-hydrogen) atoms. The second kappa shape index (κ2) is 10.9. The molecule has 0 saturated carbocycles. The van der Waals surface area contributed by atoms with Gasteiger partial charge in [0.1, 0.15) is 11.5 Å². The number of Topliss-reactive ketones (excluding diaryl/α,β-unsaturated/α-hetero) is 1. The first-order chi connectivity index (χ1) is 15.4. The summed E-state index contributed by atoms with van der Waals surface area (Å²) >= 11 is 0. The molecule has 3 rings (SSSR count). The summed E-state index contributed by atoms with van der Waals surface area (Å²) in [6.45, 7) is 3.63. The zero-order valence-corrected chi connectivity index (χ0v) is 18.1. The van der Waals surface area contributed by atoms with E-state index in [1.807, 2.05) is 32.0 Å². The van der Waals surface area contributed by atoms with Gasteiger partial charge in [0.25, 0.3) is 0 Å². The van der Waals surface area contributed by atoms with Gasteiger partial charge in [-0.3, -0.25) is 14.4 Å². The minimum absolute atomic E-state index is 0.0426. The lowest BCUT2D eigenvalue weighted by atomic mass is 10.1. The van der Waals surface area contributed by atoms with Gasteiger partial charge in [-0.15, -0.1) is 0 Å². The fourth-order valence-electron chi connectivity index (χ4n) is 3.05. The second-order valence-electron chi connectivity index (χ2n) is 7.35. The second-order valence-corrected chi connectivity index (χ2v) is 7.35. The number of amides is 1. The van der Waals surface area contributed by atoms with Crippen LogP contribution in [0.25, 0.3) is 0 Å². The molecule has 3 aromatic carbocycles. The van der Waals surface area contributed by atoms with Crippen LogP contribution in [0.2, 0.25) is 0 Å². The maximum absolute atomic E-state index is 12.1. The van der Waals surface area contributed by atoms with E-state index in [0.29, 0.717) is 17.0 Å². The molecule has 164 valence electrons. The van der Waals surface area contributed by atoms with Crippen LogP contribution < -0.4 is 10.1 Å². The number of hydrogen-bond donors (Lipinski definition) is 1. The standard InChI is InChI=1S/C26H25NO5/c1-18-7-6-8-19(2)26(18)32-22-13-11-21(12-14-22)27-24(29)15-16-25(30)31-17-23(28)20-9-4-3-5-10-20/h3-14H,15-17H2,1-2H3,(H,27,29). The van der Waals surface area contributed by atoms with E-state index in [9.17, 15) is 14.4 Å². The van der Waals surface area contributed by atoms with Crippen molar-refractivity contribution >= 4 is 23.3 Å². The van der Waals surface area contributed by atoms with E-state index in [1.165, 1.54) is 0 Å². The molecule has 0 spiro atoms. The Morgan fingerprint density at radius 2 is 1.44 bits per heavy atom. The van der Waals surface area contributed by atoms with Crippen molar-refractivity contribution in [3.8, 4) is 11.5 Å². The number of esters is 1. The summed E-state index contributed by atoms with van der Waals surface area (Å²) in [5.41, 5.74) is 3.15. The Morgan fingerprint density at radius 3 is 2.09 bits per heavy atom. The van der Waals surface area contributed by atoms with Crippen LogP contribution in [0.15, 0.2) is 72.8 Å². The lowest BCUT2D eigenvalue weighted by Gasteiger charge is -2.12. The fourth-order valence-corrected chi connectivity index (χ4v) is 3.05. The van der Waals surface area contributed by atoms with Gasteiger partial charge < -0.3 is 14.8 Å². The summed E-state index contributed by atoms with van der Waals surface area (Å²) in [4.78, 5) is 35.9. The molecule has 0 heterocycles. The van der Waals surface area contributed by atoms with Gasteiger partial charge in [0, 0.05) is 17.7 Å². The third-order valence-electron chi connectivity index (χ3n) is 4.78. The highest BCUT2D eigenvalue weighted by atomic mass is 16.5. The molecule has 1 amide bonds. The monoisotopic (exact) mass is 431 g/mol. The molecule has 0 aromatic heterocycles. The first kappa shape index (κ1) is 22.7. The van der Waals surface area contributed by atoms with Crippen LogP contribution in [-0.2, 0) is 14.3 Å². The predicted molar refractivity (Wildman–Crippen MR) is 122 cm³/mol. The summed E-state index contributed by atoms with van der Waals surface area (Å²) in [5, 5.41) is 2.73. The molecule has 0 radical (unpaired) electrons. The molecule has 0 unspecified atom stereocenters. The van der Waals surface area contributed by atoms with Crippen molar-refractivity contribution in [2.45, 2.75) is 26.7 Å². The quantitative estimate of drug-likeness (QED) is 0.370. The number of anilines is 1. The van der Waals surface area contributed by atoms with Crippen LogP contribution in [0.4, 0.5) is 5.69 Å². The Kier molecular flexibility index (Phi) is 7.75. The number of rotatable bonds is 9. The highest BCUT2D eigenvalue weighted by molar-refractivity contribution is 5.98. The average molecular weight is 431 g/mol. The largest absolute Gasteiger partial charge is 0.457 e. The molecule has 3 aromatic rings. The zero-order valence-electron chi connectivity index (χ0n) is 18.1. The number of ketones is 1. The van der Waals surface area contributed by atoms with Crippen LogP contribution in [0.5, 0.6) is 11.5 Å². The van der Waals surface area contributed by atoms with E-state index >= 15 is 0 Å². The number of ether oxygens (including phenoxy) is 2.